The third-order valence-electron chi connectivity index (χ3n) is 3.05. The standard InChI is InChI=1S/C10H18O2/c1-4-10(3,12-8(2)11)9-6-5-7-9/h9H,4-7H2,1-3H3. The van der Waals surface area contributed by atoms with Crippen LogP contribution in [0.3, 0.4) is 0 Å². The molecular weight excluding hydrogens is 152 g/mol. The van der Waals surface area contributed by atoms with Crippen LogP contribution < -0.4 is 0 Å². The van der Waals surface area contributed by atoms with Crippen molar-refractivity contribution in [3.8, 4) is 0 Å². The number of carbonyl (C=O) groups is 1. The molecule has 1 atom stereocenters. The summed E-state index contributed by atoms with van der Waals surface area (Å²) in [6.07, 6.45) is 4.66. The molecule has 0 spiro atoms. The van der Waals surface area contributed by atoms with E-state index in [1.54, 1.807) is 0 Å². The normalized spacial score (nSPS) is 22.6. The first-order valence-corrected chi connectivity index (χ1v) is 4.78. The van der Waals surface area contributed by atoms with Gasteiger partial charge in [-0.3, -0.25) is 4.79 Å². The number of hydrogen-bond acceptors (Lipinski definition) is 2. The first-order valence-electron chi connectivity index (χ1n) is 4.78. The number of esters is 1. The molecule has 1 rings (SSSR count). The Bertz CT molecular complexity index is 173. The molecule has 0 heterocycles. The molecule has 0 N–H and O–H groups in total. The van der Waals surface area contributed by atoms with Crippen LogP contribution in [0.15, 0.2) is 0 Å². The Morgan fingerprint density at radius 1 is 1.58 bits per heavy atom. The number of rotatable bonds is 3. The van der Waals surface area contributed by atoms with Crippen LogP contribution in [0.25, 0.3) is 0 Å². The van der Waals surface area contributed by atoms with Crippen LogP contribution in [0, 0.1) is 5.92 Å². The molecule has 2 heteroatoms. The van der Waals surface area contributed by atoms with E-state index in [2.05, 4.69) is 13.8 Å². The summed E-state index contributed by atoms with van der Waals surface area (Å²) in [7, 11) is 0. The van der Waals surface area contributed by atoms with Crippen molar-refractivity contribution in [3.05, 3.63) is 0 Å². The monoisotopic (exact) mass is 170 g/mol. The van der Waals surface area contributed by atoms with Crippen LogP contribution in [-0.4, -0.2) is 11.6 Å². The second-order valence-corrected chi connectivity index (χ2v) is 3.89. The molecule has 70 valence electrons. The molecule has 1 saturated carbocycles. The molecule has 0 amide bonds. The van der Waals surface area contributed by atoms with Crippen LogP contribution in [0.2, 0.25) is 0 Å². The van der Waals surface area contributed by atoms with Gasteiger partial charge < -0.3 is 4.74 Å². The zero-order valence-corrected chi connectivity index (χ0v) is 8.22. The van der Waals surface area contributed by atoms with Crippen molar-refractivity contribution in [1.82, 2.24) is 0 Å². The molecule has 2 nitrogen and oxygen atoms in total. The minimum absolute atomic E-state index is 0.147. The average molecular weight is 170 g/mol. The summed E-state index contributed by atoms with van der Waals surface area (Å²) in [4.78, 5) is 10.8. The lowest BCUT2D eigenvalue weighted by Crippen LogP contribution is -2.42. The van der Waals surface area contributed by atoms with E-state index in [0.29, 0.717) is 5.92 Å². The zero-order chi connectivity index (χ0) is 9.19. The van der Waals surface area contributed by atoms with Gasteiger partial charge in [0, 0.05) is 6.92 Å². The molecular formula is C10H18O2. The Balaban J connectivity index is 2.53. The topological polar surface area (TPSA) is 26.3 Å². The predicted molar refractivity (Wildman–Crippen MR) is 47.8 cm³/mol. The first kappa shape index (κ1) is 9.56. The Kier molecular flexibility index (Phi) is 2.76. The molecule has 0 aromatic rings. The summed E-state index contributed by atoms with van der Waals surface area (Å²) in [6, 6.07) is 0. The second-order valence-electron chi connectivity index (χ2n) is 3.89. The van der Waals surface area contributed by atoms with Crippen molar-refractivity contribution in [2.45, 2.75) is 52.1 Å². The molecule has 0 aromatic heterocycles. The first-order chi connectivity index (χ1) is 5.58. The summed E-state index contributed by atoms with van der Waals surface area (Å²) < 4.78 is 5.35. The van der Waals surface area contributed by atoms with Crippen molar-refractivity contribution in [1.29, 1.82) is 0 Å². The van der Waals surface area contributed by atoms with Gasteiger partial charge in [-0.1, -0.05) is 13.3 Å². The highest BCUT2D eigenvalue weighted by molar-refractivity contribution is 5.66. The predicted octanol–water partition coefficient (Wildman–Crippen LogP) is 2.52. The Labute approximate surface area is 74.3 Å². The SMILES string of the molecule is CCC(C)(OC(C)=O)C1CCC1. The molecule has 12 heavy (non-hydrogen) atoms. The molecule has 0 radical (unpaired) electrons. The molecule has 0 saturated heterocycles. The maximum absolute atomic E-state index is 10.8. The fourth-order valence-corrected chi connectivity index (χ4v) is 1.79. The molecule has 0 aliphatic heterocycles. The van der Waals surface area contributed by atoms with Crippen LogP contribution in [0.5, 0.6) is 0 Å². The number of ether oxygens (including phenoxy) is 1. The third kappa shape index (κ3) is 1.79. The Morgan fingerprint density at radius 2 is 2.17 bits per heavy atom. The maximum Gasteiger partial charge on any atom is 0.303 e. The Morgan fingerprint density at radius 3 is 2.42 bits per heavy atom. The van der Waals surface area contributed by atoms with Crippen LogP contribution >= 0.6 is 0 Å². The highest BCUT2D eigenvalue weighted by atomic mass is 16.6. The van der Waals surface area contributed by atoms with Gasteiger partial charge >= 0.3 is 5.97 Å². The molecule has 1 aliphatic rings. The van der Waals surface area contributed by atoms with E-state index >= 15 is 0 Å². The van der Waals surface area contributed by atoms with Crippen molar-refractivity contribution >= 4 is 5.97 Å². The summed E-state index contributed by atoms with van der Waals surface area (Å²) in [5.74, 6) is 0.456. The van der Waals surface area contributed by atoms with E-state index in [4.69, 9.17) is 4.74 Å². The minimum atomic E-state index is -0.190. The number of hydrogen-bond donors (Lipinski definition) is 0. The van der Waals surface area contributed by atoms with Crippen molar-refractivity contribution < 1.29 is 9.53 Å². The van der Waals surface area contributed by atoms with E-state index in [9.17, 15) is 4.79 Å². The van der Waals surface area contributed by atoms with Gasteiger partial charge in [-0.15, -0.1) is 0 Å². The van der Waals surface area contributed by atoms with E-state index in [1.165, 1.54) is 26.2 Å². The van der Waals surface area contributed by atoms with Gasteiger partial charge in [0.05, 0.1) is 0 Å². The largest absolute Gasteiger partial charge is 0.459 e. The minimum Gasteiger partial charge on any atom is -0.459 e. The average Bonchev–Trinajstić information content (AvgIpc) is 1.81. The van der Waals surface area contributed by atoms with Gasteiger partial charge in [-0.2, -0.15) is 0 Å². The lowest BCUT2D eigenvalue weighted by Gasteiger charge is -2.41. The van der Waals surface area contributed by atoms with Gasteiger partial charge in [0.15, 0.2) is 0 Å². The highest BCUT2D eigenvalue weighted by Gasteiger charge is 2.38. The fraction of sp³-hybridized carbons (Fsp3) is 0.900. The van der Waals surface area contributed by atoms with E-state index in [0.717, 1.165) is 6.42 Å². The highest BCUT2D eigenvalue weighted by Crippen LogP contribution is 2.40. The van der Waals surface area contributed by atoms with Crippen molar-refractivity contribution in [2.75, 3.05) is 0 Å². The van der Waals surface area contributed by atoms with Gasteiger partial charge in [-0.25, -0.2) is 0 Å². The molecule has 1 fully saturated rings. The molecule has 1 unspecified atom stereocenters. The van der Waals surface area contributed by atoms with Crippen molar-refractivity contribution in [3.63, 3.8) is 0 Å². The quantitative estimate of drug-likeness (QED) is 0.608. The molecule has 0 aromatic carbocycles. The summed E-state index contributed by atoms with van der Waals surface area (Å²) in [5, 5.41) is 0. The van der Waals surface area contributed by atoms with Gasteiger partial charge in [0.1, 0.15) is 5.60 Å². The molecule has 0 bridgehead atoms. The van der Waals surface area contributed by atoms with Crippen molar-refractivity contribution in [2.24, 2.45) is 5.92 Å². The summed E-state index contributed by atoms with van der Waals surface area (Å²) >= 11 is 0. The fourth-order valence-electron chi connectivity index (χ4n) is 1.79. The number of carbonyl (C=O) groups excluding carboxylic acids is 1. The summed E-state index contributed by atoms with van der Waals surface area (Å²) in [6.45, 7) is 5.63. The van der Waals surface area contributed by atoms with E-state index in [-0.39, 0.29) is 11.6 Å². The van der Waals surface area contributed by atoms with E-state index < -0.39 is 0 Å². The molecule has 1 aliphatic carbocycles. The Hall–Kier alpha value is -0.530. The third-order valence-corrected chi connectivity index (χ3v) is 3.05. The van der Waals surface area contributed by atoms with Gasteiger partial charge in [0.2, 0.25) is 0 Å². The smallest absolute Gasteiger partial charge is 0.303 e. The van der Waals surface area contributed by atoms with Crippen LogP contribution in [-0.2, 0) is 9.53 Å². The van der Waals surface area contributed by atoms with E-state index in [1.807, 2.05) is 0 Å². The summed E-state index contributed by atoms with van der Waals surface area (Å²) in [5.41, 5.74) is -0.190. The maximum atomic E-state index is 10.8. The zero-order valence-electron chi connectivity index (χ0n) is 8.22. The van der Waals surface area contributed by atoms with Crippen LogP contribution in [0.1, 0.15) is 46.5 Å². The van der Waals surface area contributed by atoms with Gasteiger partial charge in [-0.05, 0) is 32.1 Å². The lowest BCUT2D eigenvalue weighted by atomic mass is 9.72. The van der Waals surface area contributed by atoms with Gasteiger partial charge in [0.25, 0.3) is 0 Å². The lowest BCUT2D eigenvalue weighted by molar-refractivity contribution is -0.165. The second kappa shape index (κ2) is 3.46. The van der Waals surface area contributed by atoms with Crippen LogP contribution in [0.4, 0.5) is 0 Å².